The fraction of sp³-hybridized carbons (Fsp3) is 0.320. The van der Waals surface area contributed by atoms with Gasteiger partial charge >= 0.3 is 0 Å². The number of aliphatic hydroxyl groups excluding tert-OH is 1. The molecule has 0 radical (unpaired) electrons. The number of ether oxygens (including phenoxy) is 2. The van der Waals surface area contributed by atoms with Crippen molar-refractivity contribution in [3.05, 3.63) is 70.8 Å². The zero-order chi connectivity index (χ0) is 23.3. The summed E-state index contributed by atoms with van der Waals surface area (Å²) in [5, 5.41) is 21.4. The first-order chi connectivity index (χ1) is 15.4. The van der Waals surface area contributed by atoms with Gasteiger partial charge in [-0.25, -0.2) is 4.99 Å². The molecular weight excluding hydrogens is 406 g/mol. The monoisotopic (exact) mass is 433 g/mol. The Morgan fingerprint density at radius 1 is 1.38 bits per heavy atom. The normalized spacial score (nSPS) is 15.1. The summed E-state index contributed by atoms with van der Waals surface area (Å²) < 4.78 is 11.2. The van der Waals surface area contributed by atoms with Gasteiger partial charge in [0.25, 0.3) is 0 Å². The largest absolute Gasteiger partial charge is 0.490 e. The Bertz CT molecular complexity index is 1100. The average Bonchev–Trinajstić information content (AvgIpc) is 3.19. The molecule has 0 heterocycles. The van der Waals surface area contributed by atoms with E-state index in [1.165, 1.54) is 7.11 Å². The van der Waals surface area contributed by atoms with E-state index in [-0.39, 0.29) is 12.1 Å². The lowest BCUT2D eigenvalue weighted by Gasteiger charge is -2.15. The number of amides is 1. The maximum Gasteiger partial charge on any atom is 0.246 e. The number of nitrogens with zero attached hydrogens (tertiary/aromatic N) is 2. The molecule has 1 aliphatic rings. The van der Waals surface area contributed by atoms with Gasteiger partial charge in [-0.05, 0) is 56.0 Å². The molecule has 0 saturated heterocycles. The van der Waals surface area contributed by atoms with Crippen molar-refractivity contribution in [2.75, 3.05) is 13.7 Å². The van der Waals surface area contributed by atoms with Gasteiger partial charge < -0.3 is 19.9 Å². The quantitative estimate of drug-likeness (QED) is 0.514. The second-order valence-electron chi connectivity index (χ2n) is 7.75. The second-order valence-corrected chi connectivity index (χ2v) is 7.75. The molecule has 2 N–H and O–H groups in total. The van der Waals surface area contributed by atoms with E-state index in [4.69, 9.17) is 14.6 Å². The molecule has 2 aromatic rings. The molecule has 166 valence electrons. The Morgan fingerprint density at radius 2 is 2.16 bits per heavy atom. The van der Waals surface area contributed by atoms with E-state index >= 15 is 0 Å². The topological polar surface area (TPSA) is 104 Å². The van der Waals surface area contributed by atoms with Crippen LogP contribution < -0.4 is 10.1 Å². The Kier molecular flexibility index (Phi) is 7.29. The molecule has 1 aliphatic carbocycles. The van der Waals surface area contributed by atoms with Crippen LogP contribution in [0.2, 0.25) is 0 Å². The summed E-state index contributed by atoms with van der Waals surface area (Å²) >= 11 is 0. The van der Waals surface area contributed by atoms with E-state index in [0.29, 0.717) is 28.5 Å². The van der Waals surface area contributed by atoms with Crippen LogP contribution in [0.5, 0.6) is 5.75 Å². The van der Waals surface area contributed by atoms with Crippen molar-refractivity contribution in [2.45, 2.75) is 38.8 Å². The lowest BCUT2D eigenvalue weighted by atomic mass is 10.0. The van der Waals surface area contributed by atoms with Crippen molar-refractivity contribution in [3.63, 3.8) is 0 Å². The molecule has 3 rings (SSSR count). The van der Waals surface area contributed by atoms with Crippen LogP contribution in [-0.2, 0) is 16.0 Å². The highest BCUT2D eigenvalue weighted by Gasteiger charge is 2.26. The maximum absolute atomic E-state index is 11.6. The molecule has 1 unspecified atom stereocenters. The third kappa shape index (κ3) is 4.98. The molecule has 1 atom stereocenters. The number of hydrogen-bond donors (Lipinski definition) is 2. The number of nitrogens with one attached hydrogen (secondary N) is 1. The highest BCUT2D eigenvalue weighted by molar-refractivity contribution is 5.98. The summed E-state index contributed by atoms with van der Waals surface area (Å²) in [7, 11) is 1.52. The number of aliphatic imine (C=N–C) groups is 1. The van der Waals surface area contributed by atoms with Crippen LogP contribution in [0.4, 0.5) is 0 Å². The number of aliphatic hydroxyl groups is 1. The number of methoxy groups -OCH3 is 1. The van der Waals surface area contributed by atoms with Crippen LogP contribution in [0.25, 0.3) is 5.70 Å². The van der Waals surface area contributed by atoms with Gasteiger partial charge in [-0.15, -0.1) is 0 Å². The van der Waals surface area contributed by atoms with Gasteiger partial charge in [-0.2, -0.15) is 5.26 Å². The SMILES string of the molecule is C=C(N=C(OC)c1ccc(OC(C)C)c(C#N)c1)c1cccc2c1CCC2NC(=O)CO. The van der Waals surface area contributed by atoms with Gasteiger partial charge in [0.05, 0.1) is 30.5 Å². The van der Waals surface area contributed by atoms with E-state index in [1.54, 1.807) is 18.2 Å². The molecule has 0 spiro atoms. The fourth-order valence-electron chi connectivity index (χ4n) is 3.83. The van der Waals surface area contributed by atoms with E-state index < -0.39 is 12.5 Å². The first-order valence-corrected chi connectivity index (χ1v) is 10.4. The fourth-order valence-corrected chi connectivity index (χ4v) is 3.83. The second kappa shape index (κ2) is 10.1. The van der Waals surface area contributed by atoms with Crippen LogP contribution in [-0.4, -0.2) is 36.7 Å². The molecule has 0 saturated carbocycles. The number of hydrogen-bond acceptors (Lipinski definition) is 6. The summed E-state index contributed by atoms with van der Waals surface area (Å²) in [5.74, 6) is 0.450. The average molecular weight is 434 g/mol. The van der Waals surface area contributed by atoms with Gasteiger partial charge in [-0.1, -0.05) is 24.8 Å². The zero-order valence-electron chi connectivity index (χ0n) is 18.5. The first-order valence-electron chi connectivity index (χ1n) is 10.4. The summed E-state index contributed by atoms with van der Waals surface area (Å²) in [5.41, 5.74) is 4.50. The Hall–Kier alpha value is -3.63. The molecule has 2 aromatic carbocycles. The van der Waals surface area contributed by atoms with Crippen molar-refractivity contribution in [2.24, 2.45) is 4.99 Å². The molecule has 32 heavy (non-hydrogen) atoms. The number of fused-ring (bicyclic) bond motifs is 1. The Balaban J connectivity index is 1.91. The standard InChI is InChI=1S/C25H27N3O4/c1-15(2)32-23-11-8-17(12-18(23)13-26)25(31-4)27-16(3)19-6-5-7-21-20(19)9-10-22(21)28-24(30)14-29/h5-8,11-12,15,22,29H,3,9-10,14H2,1-2,4H3,(H,28,30). The van der Waals surface area contributed by atoms with Gasteiger partial charge in [0.2, 0.25) is 11.8 Å². The predicted octanol–water partition coefficient (Wildman–Crippen LogP) is 3.51. The van der Waals surface area contributed by atoms with E-state index in [2.05, 4.69) is 23.0 Å². The molecule has 0 aliphatic heterocycles. The highest BCUT2D eigenvalue weighted by atomic mass is 16.5. The van der Waals surface area contributed by atoms with Crippen LogP contribution in [0.15, 0.2) is 48.0 Å². The minimum atomic E-state index is -0.536. The Labute approximate surface area is 188 Å². The predicted molar refractivity (Wildman–Crippen MR) is 122 cm³/mol. The van der Waals surface area contributed by atoms with Crippen molar-refractivity contribution >= 4 is 17.5 Å². The van der Waals surface area contributed by atoms with Crippen molar-refractivity contribution in [1.29, 1.82) is 5.26 Å². The molecule has 1 amide bonds. The van der Waals surface area contributed by atoms with Crippen LogP contribution >= 0.6 is 0 Å². The summed E-state index contributed by atoms with van der Waals surface area (Å²) in [6.07, 6.45) is 1.46. The molecule has 0 fully saturated rings. The zero-order valence-corrected chi connectivity index (χ0v) is 18.5. The number of rotatable bonds is 7. The maximum atomic E-state index is 11.6. The summed E-state index contributed by atoms with van der Waals surface area (Å²) in [6, 6.07) is 13.0. The molecule has 7 nitrogen and oxygen atoms in total. The number of nitriles is 1. The van der Waals surface area contributed by atoms with Crippen molar-refractivity contribution in [3.8, 4) is 11.8 Å². The number of benzene rings is 2. The van der Waals surface area contributed by atoms with Gasteiger partial charge in [0.1, 0.15) is 18.4 Å². The summed E-state index contributed by atoms with van der Waals surface area (Å²) in [4.78, 5) is 16.2. The molecule has 7 heteroatoms. The van der Waals surface area contributed by atoms with Crippen LogP contribution in [0.1, 0.15) is 54.1 Å². The molecule has 0 bridgehead atoms. The Morgan fingerprint density at radius 3 is 2.81 bits per heavy atom. The number of carbonyl (C=O) groups is 1. The minimum absolute atomic E-state index is 0.0468. The lowest BCUT2D eigenvalue weighted by Crippen LogP contribution is -2.29. The van der Waals surface area contributed by atoms with E-state index in [1.807, 2.05) is 32.0 Å². The van der Waals surface area contributed by atoms with E-state index in [9.17, 15) is 10.1 Å². The molecular formula is C25H27N3O4. The molecule has 0 aromatic heterocycles. The van der Waals surface area contributed by atoms with Crippen LogP contribution in [0, 0.1) is 11.3 Å². The van der Waals surface area contributed by atoms with Crippen molar-refractivity contribution < 1.29 is 19.4 Å². The van der Waals surface area contributed by atoms with Gasteiger partial charge in [0, 0.05) is 11.1 Å². The minimum Gasteiger partial charge on any atom is -0.490 e. The highest BCUT2D eigenvalue weighted by Crippen LogP contribution is 2.36. The third-order valence-electron chi connectivity index (χ3n) is 5.20. The first kappa shape index (κ1) is 23.0. The van der Waals surface area contributed by atoms with Crippen LogP contribution in [0.3, 0.4) is 0 Å². The lowest BCUT2D eigenvalue weighted by molar-refractivity contribution is -0.124. The van der Waals surface area contributed by atoms with Gasteiger partial charge in [-0.3, -0.25) is 4.79 Å². The number of carbonyl (C=O) groups excluding carboxylic acids is 1. The van der Waals surface area contributed by atoms with E-state index in [0.717, 1.165) is 29.5 Å². The smallest absolute Gasteiger partial charge is 0.246 e. The van der Waals surface area contributed by atoms with Gasteiger partial charge in [0.15, 0.2) is 0 Å². The third-order valence-corrected chi connectivity index (χ3v) is 5.20. The summed E-state index contributed by atoms with van der Waals surface area (Å²) in [6.45, 7) is 7.40. The van der Waals surface area contributed by atoms with Crippen molar-refractivity contribution in [1.82, 2.24) is 5.32 Å².